The lowest BCUT2D eigenvalue weighted by Crippen LogP contribution is -2.55. The van der Waals surface area contributed by atoms with Gasteiger partial charge in [-0.05, 0) is 11.1 Å². The molecule has 0 spiro atoms. The predicted molar refractivity (Wildman–Crippen MR) is 119 cm³/mol. The number of likely N-dealkylation sites (tertiary alicyclic amines) is 1. The van der Waals surface area contributed by atoms with Crippen molar-refractivity contribution >= 4 is 6.03 Å². The molecular weight excluding hydrogens is 386 g/mol. The average molecular weight is 409 g/mol. The molecular formula is C25H23N5O. The zero-order valence-electron chi connectivity index (χ0n) is 17.0. The van der Waals surface area contributed by atoms with E-state index in [1.165, 1.54) is 0 Å². The number of amides is 2. The van der Waals surface area contributed by atoms with E-state index in [1.807, 2.05) is 107 Å². The summed E-state index contributed by atoms with van der Waals surface area (Å²) in [6, 6.07) is 30.0. The number of carbonyl (C=O) groups is 1. The van der Waals surface area contributed by atoms with E-state index >= 15 is 0 Å². The van der Waals surface area contributed by atoms with E-state index in [4.69, 9.17) is 0 Å². The van der Waals surface area contributed by atoms with Crippen LogP contribution in [0.3, 0.4) is 0 Å². The molecule has 0 radical (unpaired) electrons. The van der Waals surface area contributed by atoms with E-state index in [-0.39, 0.29) is 18.1 Å². The first-order valence-electron chi connectivity index (χ1n) is 10.4. The fraction of sp³-hybridized carbons (Fsp3) is 0.160. The van der Waals surface area contributed by atoms with Crippen molar-refractivity contribution in [3.8, 4) is 11.3 Å². The highest BCUT2D eigenvalue weighted by molar-refractivity contribution is 5.76. The van der Waals surface area contributed by atoms with E-state index in [9.17, 15) is 4.79 Å². The molecule has 1 fully saturated rings. The second-order valence-corrected chi connectivity index (χ2v) is 7.71. The van der Waals surface area contributed by atoms with Crippen LogP contribution in [0.2, 0.25) is 0 Å². The summed E-state index contributed by atoms with van der Waals surface area (Å²) in [7, 11) is 0. The second-order valence-electron chi connectivity index (χ2n) is 7.71. The molecule has 1 aromatic heterocycles. The lowest BCUT2D eigenvalue weighted by molar-refractivity contribution is 0.116. The van der Waals surface area contributed by atoms with Gasteiger partial charge in [-0.2, -0.15) is 0 Å². The summed E-state index contributed by atoms with van der Waals surface area (Å²) in [6.45, 7) is 1.22. The van der Waals surface area contributed by atoms with Crippen LogP contribution >= 0.6 is 0 Å². The Hall–Kier alpha value is -3.93. The Morgan fingerprint density at radius 3 is 1.97 bits per heavy atom. The Labute approximate surface area is 181 Å². The number of benzene rings is 3. The highest BCUT2D eigenvalue weighted by Gasteiger charge is 2.34. The van der Waals surface area contributed by atoms with Crippen molar-refractivity contribution in [3.05, 3.63) is 108 Å². The highest BCUT2D eigenvalue weighted by atomic mass is 16.2. The van der Waals surface area contributed by atoms with E-state index < -0.39 is 0 Å². The van der Waals surface area contributed by atoms with Crippen LogP contribution in [0.25, 0.3) is 11.3 Å². The lowest BCUT2D eigenvalue weighted by Gasteiger charge is -2.39. The van der Waals surface area contributed by atoms with Gasteiger partial charge < -0.3 is 10.2 Å². The van der Waals surface area contributed by atoms with Gasteiger partial charge in [-0.3, -0.25) is 0 Å². The Morgan fingerprint density at radius 1 is 0.839 bits per heavy atom. The maximum atomic E-state index is 13.0. The second kappa shape index (κ2) is 8.44. The zero-order valence-corrected chi connectivity index (χ0v) is 17.0. The molecule has 5 rings (SSSR count). The molecule has 1 saturated heterocycles. The summed E-state index contributed by atoms with van der Waals surface area (Å²) < 4.78 is 1.86. The zero-order chi connectivity index (χ0) is 21.0. The third-order valence-corrected chi connectivity index (χ3v) is 5.64. The minimum absolute atomic E-state index is 0.0719. The molecule has 0 atom stereocenters. The minimum atomic E-state index is -0.190. The topological polar surface area (TPSA) is 63.1 Å². The number of aromatic nitrogens is 3. The molecule has 0 saturated carbocycles. The van der Waals surface area contributed by atoms with Crippen molar-refractivity contribution in [3.63, 3.8) is 0 Å². The fourth-order valence-electron chi connectivity index (χ4n) is 3.85. The van der Waals surface area contributed by atoms with Gasteiger partial charge >= 0.3 is 6.03 Å². The van der Waals surface area contributed by atoms with E-state index in [1.54, 1.807) is 0 Å². The molecule has 6 heteroatoms. The van der Waals surface area contributed by atoms with Gasteiger partial charge in [-0.15, -0.1) is 5.10 Å². The van der Waals surface area contributed by atoms with E-state index in [0.717, 1.165) is 22.4 Å². The quantitative estimate of drug-likeness (QED) is 0.535. The summed E-state index contributed by atoms with van der Waals surface area (Å²) >= 11 is 0. The molecule has 1 aliphatic heterocycles. The SMILES string of the molecule is O=C(NC(c1ccccc1)c1ccccc1)N1CC(n2cc(-c3ccccc3)nn2)C1. The number of rotatable bonds is 5. The summed E-state index contributed by atoms with van der Waals surface area (Å²) in [5, 5.41) is 11.7. The predicted octanol–water partition coefficient (Wildman–Crippen LogP) is 4.30. The molecule has 1 aliphatic rings. The van der Waals surface area contributed by atoms with Crippen LogP contribution < -0.4 is 5.32 Å². The molecule has 31 heavy (non-hydrogen) atoms. The van der Waals surface area contributed by atoms with E-state index in [0.29, 0.717) is 13.1 Å². The monoisotopic (exact) mass is 409 g/mol. The summed E-state index contributed by atoms with van der Waals surface area (Å²) in [5.41, 5.74) is 4.00. The summed E-state index contributed by atoms with van der Waals surface area (Å²) in [4.78, 5) is 14.8. The maximum Gasteiger partial charge on any atom is 0.318 e. The highest BCUT2D eigenvalue weighted by Crippen LogP contribution is 2.26. The standard InChI is InChI=1S/C25H23N5O/c31-25(26-24(20-12-6-2-7-13-20)21-14-8-3-9-15-21)29-16-22(17-29)30-18-23(27-28-30)19-10-4-1-5-11-19/h1-15,18,22,24H,16-17H2,(H,26,31). The summed E-state index contributed by atoms with van der Waals surface area (Å²) in [5.74, 6) is 0. The van der Waals surface area contributed by atoms with Crippen LogP contribution in [-0.4, -0.2) is 39.0 Å². The number of nitrogens with one attached hydrogen (secondary N) is 1. The summed E-state index contributed by atoms with van der Waals surface area (Å²) in [6.07, 6.45) is 1.95. The molecule has 2 heterocycles. The van der Waals surface area contributed by atoms with Gasteiger partial charge in [0, 0.05) is 18.7 Å². The van der Waals surface area contributed by atoms with Gasteiger partial charge in [0.15, 0.2) is 0 Å². The van der Waals surface area contributed by atoms with Crippen LogP contribution in [0.5, 0.6) is 0 Å². The Balaban J connectivity index is 1.25. The average Bonchev–Trinajstić information content (AvgIpc) is 3.28. The van der Waals surface area contributed by atoms with Gasteiger partial charge in [0.1, 0.15) is 5.69 Å². The molecule has 4 aromatic rings. The molecule has 154 valence electrons. The van der Waals surface area contributed by atoms with E-state index in [2.05, 4.69) is 15.6 Å². The number of hydrogen-bond donors (Lipinski definition) is 1. The van der Waals surface area contributed by atoms with Crippen molar-refractivity contribution < 1.29 is 4.79 Å². The van der Waals surface area contributed by atoms with Crippen LogP contribution in [0.4, 0.5) is 4.79 Å². The van der Waals surface area contributed by atoms with Crippen molar-refractivity contribution in [1.82, 2.24) is 25.2 Å². The third kappa shape index (κ3) is 4.05. The number of carbonyl (C=O) groups excluding carboxylic acids is 1. The van der Waals surface area contributed by atoms with Crippen molar-refractivity contribution in [2.45, 2.75) is 12.1 Å². The molecule has 1 N–H and O–H groups in total. The number of hydrogen-bond acceptors (Lipinski definition) is 3. The normalized spacial score (nSPS) is 13.8. The molecule has 6 nitrogen and oxygen atoms in total. The van der Waals surface area contributed by atoms with Gasteiger partial charge in [-0.1, -0.05) is 96.2 Å². The van der Waals surface area contributed by atoms with Crippen LogP contribution in [0, 0.1) is 0 Å². The maximum absolute atomic E-state index is 13.0. The van der Waals surface area contributed by atoms with Gasteiger partial charge in [-0.25, -0.2) is 9.48 Å². The molecule has 0 bridgehead atoms. The first-order valence-corrected chi connectivity index (χ1v) is 10.4. The van der Waals surface area contributed by atoms with Crippen LogP contribution in [-0.2, 0) is 0 Å². The van der Waals surface area contributed by atoms with Crippen molar-refractivity contribution in [2.24, 2.45) is 0 Å². The largest absolute Gasteiger partial charge is 0.327 e. The number of nitrogens with zero attached hydrogens (tertiary/aromatic N) is 4. The molecule has 2 amide bonds. The molecule has 3 aromatic carbocycles. The van der Waals surface area contributed by atoms with Gasteiger partial charge in [0.05, 0.1) is 18.3 Å². The minimum Gasteiger partial charge on any atom is -0.327 e. The Kier molecular flexibility index (Phi) is 5.19. The molecule has 0 unspecified atom stereocenters. The number of urea groups is 1. The van der Waals surface area contributed by atoms with Gasteiger partial charge in [0.25, 0.3) is 0 Å². The lowest BCUT2D eigenvalue weighted by atomic mass is 9.99. The smallest absolute Gasteiger partial charge is 0.318 e. The van der Waals surface area contributed by atoms with Gasteiger partial charge in [0.2, 0.25) is 0 Å². The Morgan fingerprint density at radius 2 is 1.39 bits per heavy atom. The fourth-order valence-corrected chi connectivity index (χ4v) is 3.85. The first-order chi connectivity index (χ1) is 15.3. The van der Waals surface area contributed by atoms with Crippen molar-refractivity contribution in [2.75, 3.05) is 13.1 Å². The van der Waals surface area contributed by atoms with Crippen molar-refractivity contribution in [1.29, 1.82) is 0 Å². The van der Waals surface area contributed by atoms with Crippen LogP contribution in [0.1, 0.15) is 23.2 Å². The van der Waals surface area contributed by atoms with Crippen LogP contribution in [0.15, 0.2) is 97.2 Å². The third-order valence-electron chi connectivity index (χ3n) is 5.64. The molecule has 0 aliphatic carbocycles. The first kappa shape index (κ1) is 19.1. The Bertz CT molecular complexity index is 1100.